The molecule has 0 spiro atoms. The molecule has 3 aromatic carbocycles. The summed E-state index contributed by atoms with van der Waals surface area (Å²) in [6, 6.07) is 20.9. The van der Waals surface area contributed by atoms with Crippen LogP contribution in [0.25, 0.3) is 11.1 Å². The molecule has 0 saturated carbocycles. The zero-order valence-electron chi connectivity index (χ0n) is 24.1. The summed E-state index contributed by atoms with van der Waals surface area (Å²) < 4.78 is 5.86. The number of nitrogens with one attached hydrogen (secondary N) is 1. The summed E-state index contributed by atoms with van der Waals surface area (Å²) in [7, 11) is 0. The molecule has 0 aromatic heterocycles. The molecule has 5 N–H and O–H groups in total. The number of nitrogen functional groups attached to an aromatic ring is 1. The van der Waals surface area contributed by atoms with Crippen LogP contribution in [0, 0.1) is 0 Å². The number of hydrogen-bond acceptors (Lipinski definition) is 5. The summed E-state index contributed by atoms with van der Waals surface area (Å²) in [6.07, 6.45) is 1.93. The smallest absolute Gasteiger partial charge is 0.251 e. The van der Waals surface area contributed by atoms with E-state index in [-0.39, 0.29) is 11.8 Å². The van der Waals surface area contributed by atoms with Gasteiger partial charge in [0.05, 0.1) is 17.7 Å². The van der Waals surface area contributed by atoms with Crippen LogP contribution in [-0.4, -0.2) is 42.7 Å². The van der Waals surface area contributed by atoms with Gasteiger partial charge in [0.25, 0.3) is 5.91 Å². The predicted molar refractivity (Wildman–Crippen MR) is 165 cm³/mol. The monoisotopic (exact) mass is 564 g/mol. The number of rotatable bonds is 7. The maximum atomic E-state index is 12.8. The molecule has 1 aliphatic heterocycles. The van der Waals surface area contributed by atoms with Gasteiger partial charge in [-0.2, -0.15) is 0 Å². The van der Waals surface area contributed by atoms with E-state index in [1.54, 1.807) is 31.2 Å². The van der Waals surface area contributed by atoms with Crippen LogP contribution in [0.5, 0.6) is 0 Å². The molecular weight excluding hydrogens is 524 g/mol. The van der Waals surface area contributed by atoms with E-state index in [2.05, 4.69) is 11.4 Å². The van der Waals surface area contributed by atoms with Gasteiger partial charge in [0, 0.05) is 42.0 Å². The standard InChI is InChI=1S/C26H35N3O3.C6H6ClN/c1-18(30)29-14-6-7-22-15-21(12-13-23(22)29)19-8-10-20(11-9-19)24(31)28-25(2,3)17-32-26(4,5)16-27;7-5-1-3-6(8)4-2-5/h8-13,15H,6-7,14,16-17,27H2,1-5H3,(H,28,31);1-4H,8H2. The molecule has 8 heteroatoms. The fraction of sp³-hybridized carbons (Fsp3) is 0.375. The average molecular weight is 565 g/mol. The number of amides is 2. The number of halogens is 1. The first-order chi connectivity index (χ1) is 18.8. The predicted octanol–water partition coefficient (Wildman–Crippen LogP) is 5.84. The van der Waals surface area contributed by atoms with Crippen molar-refractivity contribution in [3.05, 3.63) is 82.9 Å². The number of nitrogens with zero attached hydrogens (tertiary/aromatic N) is 1. The van der Waals surface area contributed by atoms with Gasteiger partial charge in [-0.15, -0.1) is 0 Å². The molecule has 0 bridgehead atoms. The quantitative estimate of drug-likeness (QED) is 0.312. The van der Waals surface area contributed by atoms with Gasteiger partial charge >= 0.3 is 0 Å². The van der Waals surface area contributed by atoms with E-state index in [1.807, 2.05) is 69.0 Å². The van der Waals surface area contributed by atoms with E-state index < -0.39 is 11.1 Å². The lowest BCUT2D eigenvalue weighted by atomic mass is 9.95. The lowest BCUT2D eigenvalue weighted by molar-refractivity contribution is -0.116. The highest BCUT2D eigenvalue weighted by molar-refractivity contribution is 6.30. The molecule has 0 atom stereocenters. The second-order valence-electron chi connectivity index (χ2n) is 11.3. The van der Waals surface area contributed by atoms with Crippen molar-refractivity contribution in [1.82, 2.24) is 5.32 Å². The van der Waals surface area contributed by atoms with Gasteiger partial charge in [-0.05, 0) is 106 Å². The highest BCUT2D eigenvalue weighted by Crippen LogP contribution is 2.32. The van der Waals surface area contributed by atoms with Crippen LogP contribution in [-0.2, 0) is 16.0 Å². The Morgan fingerprint density at radius 1 is 0.975 bits per heavy atom. The molecule has 1 aliphatic rings. The Bertz CT molecular complexity index is 1280. The number of carbonyl (C=O) groups is 2. The van der Waals surface area contributed by atoms with E-state index in [0.29, 0.717) is 18.7 Å². The van der Waals surface area contributed by atoms with E-state index in [4.69, 9.17) is 27.8 Å². The summed E-state index contributed by atoms with van der Waals surface area (Å²) in [4.78, 5) is 26.5. The van der Waals surface area contributed by atoms with Crippen molar-refractivity contribution in [3.63, 3.8) is 0 Å². The number of benzene rings is 3. The van der Waals surface area contributed by atoms with Crippen molar-refractivity contribution < 1.29 is 14.3 Å². The normalized spacial score (nSPS) is 13.1. The summed E-state index contributed by atoms with van der Waals surface area (Å²) in [6.45, 7) is 10.9. The Hall–Kier alpha value is -3.39. The highest BCUT2D eigenvalue weighted by Gasteiger charge is 2.26. The summed E-state index contributed by atoms with van der Waals surface area (Å²) >= 11 is 5.56. The maximum absolute atomic E-state index is 12.8. The molecule has 1 heterocycles. The Morgan fingerprint density at radius 3 is 2.17 bits per heavy atom. The van der Waals surface area contributed by atoms with Crippen LogP contribution in [0.15, 0.2) is 66.7 Å². The first-order valence-electron chi connectivity index (χ1n) is 13.5. The third-order valence-corrected chi connectivity index (χ3v) is 6.95. The van der Waals surface area contributed by atoms with Gasteiger partial charge in [-0.1, -0.05) is 29.8 Å². The molecular formula is C32H41ClN4O3. The van der Waals surface area contributed by atoms with Gasteiger partial charge < -0.3 is 26.4 Å². The van der Waals surface area contributed by atoms with Gasteiger partial charge in [0.1, 0.15) is 0 Å². The molecule has 4 rings (SSSR count). The van der Waals surface area contributed by atoms with Gasteiger partial charge in [-0.25, -0.2) is 0 Å². The third-order valence-electron chi connectivity index (χ3n) is 6.70. The van der Waals surface area contributed by atoms with Gasteiger partial charge in [0.2, 0.25) is 5.91 Å². The van der Waals surface area contributed by atoms with Crippen molar-refractivity contribution >= 4 is 34.8 Å². The van der Waals surface area contributed by atoms with Crippen LogP contribution in [0.3, 0.4) is 0 Å². The minimum absolute atomic E-state index is 0.0778. The Kier molecular flexibility index (Phi) is 10.4. The lowest BCUT2D eigenvalue weighted by Crippen LogP contribution is -2.49. The van der Waals surface area contributed by atoms with Gasteiger partial charge in [-0.3, -0.25) is 9.59 Å². The maximum Gasteiger partial charge on any atom is 0.251 e. The topological polar surface area (TPSA) is 111 Å². The number of ether oxygens (including phenoxy) is 1. The van der Waals surface area contributed by atoms with E-state index in [0.717, 1.165) is 46.9 Å². The molecule has 3 aromatic rings. The number of aryl methyl sites for hydroxylation is 1. The number of fused-ring (bicyclic) bond motifs is 1. The SMILES string of the molecule is CC(=O)N1CCCc2cc(-c3ccc(C(=O)NC(C)(C)COC(C)(C)CN)cc3)ccc21.Nc1ccc(Cl)cc1. The van der Waals surface area contributed by atoms with Crippen LogP contribution in [0.4, 0.5) is 11.4 Å². The molecule has 0 radical (unpaired) electrons. The van der Waals surface area contributed by atoms with Crippen LogP contribution in [0.1, 0.15) is 57.0 Å². The fourth-order valence-electron chi connectivity index (χ4n) is 4.23. The van der Waals surface area contributed by atoms with Crippen molar-refractivity contribution in [2.24, 2.45) is 5.73 Å². The Morgan fingerprint density at radius 2 is 1.60 bits per heavy atom. The molecule has 40 heavy (non-hydrogen) atoms. The number of anilines is 2. The summed E-state index contributed by atoms with van der Waals surface area (Å²) in [5, 5.41) is 3.76. The highest BCUT2D eigenvalue weighted by atomic mass is 35.5. The van der Waals surface area contributed by atoms with E-state index in [9.17, 15) is 9.59 Å². The number of carbonyl (C=O) groups excluding carboxylic acids is 2. The van der Waals surface area contributed by atoms with Crippen LogP contribution in [0.2, 0.25) is 5.02 Å². The zero-order valence-corrected chi connectivity index (χ0v) is 24.8. The van der Waals surface area contributed by atoms with Crippen LogP contribution >= 0.6 is 11.6 Å². The number of hydrogen-bond donors (Lipinski definition) is 3. The Balaban J connectivity index is 0.000000472. The molecule has 0 aliphatic carbocycles. The molecule has 7 nitrogen and oxygen atoms in total. The second-order valence-corrected chi connectivity index (χ2v) is 11.8. The average Bonchev–Trinajstić information content (AvgIpc) is 2.93. The van der Waals surface area contributed by atoms with Crippen molar-refractivity contribution in [3.8, 4) is 11.1 Å². The molecule has 0 unspecified atom stereocenters. The summed E-state index contributed by atoms with van der Waals surface area (Å²) in [5.41, 5.74) is 15.8. The van der Waals surface area contributed by atoms with Gasteiger partial charge in [0.15, 0.2) is 0 Å². The van der Waals surface area contributed by atoms with Crippen molar-refractivity contribution in [2.75, 3.05) is 30.3 Å². The molecule has 0 saturated heterocycles. The molecule has 214 valence electrons. The largest absolute Gasteiger partial charge is 0.399 e. The summed E-state index contributed by atoms with van der Waals surface area (Å²) in [5.74, 6) is -0.0628. The van der Waals surface area contributed by atoms with Crippen molar-refractivity contribution in [1.29, 1.82) is 0 Å². The first kappa shape index (κ1) is 31.1. The molecule has 2 amide bonds. The third kappa shape index (κ3) is 8.81. The number of nitrogens with two attached hydrogens (primary N) is 2. The van der Waals surface area contributed by atoms with Crippen molar-refractivity contribution in [2.45, 2.75) is 58.6 Å². The second kappa shape index (κ2) is 13.3. The fourth-order valence-corrected chi connectivity index (χ4v) is 4.36. The lowest BCUT2D eigenvalue weighted by Gasteiger charge is -2.32. The van der Waals surface area contributed by atoms with Crippen LogP contribution < -0.4 is 21.7 Å². The molecule has 0 fully saturated rings. The zero-order chi connectivity index (χ0) is 29.5. The van der Waals surface area contributed by atoms with E-state index in [1.165, 1.54) is 5.56 Å². The van der Waals surface area contributed by atoms with E-state index >= 15 is 0 Å². The minimum atomic E-state index is -0.525. The minimum Gasteiger partial charge on any atom is -0.399 e. The first-order valence-corrected chi connectivity index (χ1v) is 13.9. The Labute approximate surface area is 242 Å².